The Balaban J connectivity index is 2.64. The van der Waals surface area contributed by atoms with Crippen LogP contribution in [0.5, 0.6) is 0 Å². The van der Waals surface area contributed by atoms with Crippen molar-refractivity contribution in [2.24, 2.45) is 23.2 Å². The molecule has 1 aliphatic carbocycles. The zero-order chi connectivity index (χ0) is 7.94. The van der Waals surface area contributed by atoms with Crippen LogP contribution in [0, 0.1) is 23.2 Å². The van der Waals surface area contributed by atoms with Crippen LogP contribution in [0.4, 0.5) is 0 Å². The highest BCUT2D eigenvalue weighted by atomic mass is 14.5. The standard InChI is InChI=1S/C10H20/c1-6-10(5)8(3)7(2)9(10)4/h7-9H,6H2,1-5H3. The zero-order valence-electron chi connectivity index (χ0n) is 7.94. The lowest BCUT2D eigenvalue weighted by Gasteiger charge is -2.57. The second-order valence-corrected chi connectivity index (χ2v) is 4.30. The lowest BCUT2D eigenvalue weighted by molar-refractivity contribution is -0.0831. The fraction of sp³-hybridized carbons (Fsp3) is 1.00. The van der Waals surface area contributed by atoms with Crippen LogP contribution in [0.15, 0.2) is 0 Å². The highest BCUT2D eigenvalue weighted by Gasteiger charge is 2.50. The second kappa shape index (κ2) is 2.25. The molecule has 0 saturated heterocycles. The van der Waals surface area contributed by atoms with Gasteiger partial charge in [-0.3, -0.25) is 0 Å². The van der Waals surface area contributed by atoms with E-state index in [9.17, 15) is 0 Å². The third-order valence-corrected chi connectivity index (χ3v) is 4.42. The van der Waals surface area contributed by atoms with Gasteiger partial charge in [0.1, 0.15) is 0 Å². The van der Waals surface area contributed by atoms with Crippen molar-refractivity contribution in [2.75, 3.05) is 0 Å². The molecule has 0 aromatic carbocycles. The molecule has 1 aliphatic rings. The molecule has 0 aromatic rings. The fourth-order valence-corrected chi connectivity index (χ4v) is 2.57. The van der Waals surface area contributed by atoms with Crippen molar-refractivity contribution in [3.63, 3.8) is 0 Å². The summed E-state index contributed by atoms with van der Waals surface area (Å²) in [7, 11) is 0. The van der Waals surface area contributed by atoms with Gasteiger partial charge in [-0.1, -0.05) is 41.0 Å². The highest BCUT2D eigenvalue weighted by molar-refractivity contribution is 4.98. The Kier molecular flexibility index (Phi) is 1.82. The van der Waals surface area contributed by atoms with Gasteiger partial charge in [0.05, 0.1) is 0 Å². The summed E-state index contributed by atoms with van der Waals surface area (Å²) in [6.07, 6.45) is 1.35. The van der Waals surface area contributed by atoms with Crippen molar-refractivity contribution < 1.29 is 0 Å². The Morgan fingerprint density at radius 2 is 1.50 bits per heavy atom. The molecule has 0 N–H and O–H groups in total. The monoisotopic (exact) mass is 140 g/mol. The first kappa shape index (κ1) is 8.10. The fourth-order valence-electron chi connectivity index (χ4n) is 2.57. The molecule has 1 rings (SSSR count). The lowest BCUT2D eigenvalue weighted by Crippen LogP contribution is -2.50. The average Bonchev–Trinajstić information content (AvgIpc) is 2.00. The van der Waals surface area contributed by atoms with Gasteiger partial charge in [-0.2, -0.15) is 0 Å². The summed E-state index contributed by atoms with van der Waals surface area (Å²) in [5, 5.41) is 0. The van der Waals surface area contributed by atoms with Crippen LogP contribution in [0.2, 0.25) is 0 Å². The molecule has 0 aliphatic heterocycles. The Bertz CT molecular complexity index is 116. The molecule has 0 spiro atoms. The van der Waals surface area contributed by atoms with Crippen molar-refractivity contribution in [1.29, 1.82) is 0 Å². The van der Waals surface area contributed by atoms with Crippen molar-refractivity contribution in [1.82, 2.24) is 0 Å². The summed E-state index contributed by atoms with van der Waals surface area (Å²) in [6.45, 7) is 11.9. The molecule has 0 nitrogen and oxygen atoms in total. The second-order valence-electron chi connectivity index (χ2n) is 4.30. The molecule has 0 amide bonds. The van der Waals surface area contributed by atoms with Gasteiger partial charge in [-0.05, 0) is 23.2 Å². The first-order chi connectivity index (χ1) is 4.54. The maximum atomic E-state index is 2.43. The summed E-state index contributed by atoms with van der Waals surface area (Å²) in [4.78, 5) is 0. The van der Waals surface area contributed by atoms with E-state index >= 15 is 0 Å². The largest absolute Gasteiger partial charge is 0.0648 e. The van der Waals surface area contributed by atoms with Crippen molar-refractivity contribution in [3.8, 4) is 0 Å². The van der Waals surface area contributed by atoms with Crippen molar-refractivity contribution >= 4 is 0 Å². The first-order valence-electron chi connectivity index (χ1n) is 4.54. The van der Waals surface area contributed by atoms with Gasteiger partial charge in [-0.25, -0.2) is 0 Å². The average molecular weight is 140 g/mol. The van der Waals surface area contributed by atoms with E-state index in [-0.39, 0.29) is 0 Å². The molecule has 0 radical (unpaired) electrons. The Hall–Kier alpha value is 0. The van der Waals surface area contributed by atoms with E-state index < -0.39 is 0 Å². The molecule has 1 fully saturated rings. The van der Waals surface area contributed by atoms with Gasteiger partial charge in [0.15, 0.2) is 0 Å². The Morgan fingerprint density at radius 3 is 1.70 bits per heavy atom. The molecule has 0 bridgehead atoms. The van der Waals surface area contributed by atoms with Crippen LogP contribution >= 0.6 is 0 Å². The number of hydrogen-bond donors (Lipinski definition) is 0. The summed E-state index contributed by atoms with van der Waals surface area (Å²) in [5.74, 6) is 2.82. The van der Waals surface area contributed by atoms with Gasteiger partial charge in [0, 0.05) is 0 Å². The number of rotatable bonds is 1. The zero-order valence-corrected chi connectivity index (χ0v) is 7.94. The van der Waals surface area contributed by atoms with Gasteiger partial charge in [-0.15, -0.1) is 0 Å². The smallest absolute Gasteiger partial charge is 0.0272 e. The summed E-state index contributed by atoms with van der Waals surface area (Å²) in [6, 6.07) is 0. The van der Waals surface area contributed by atoms with E-state index in [0.717, 1.165) is 17.8 Å². The van der Waals surface area contributed by atoms with Gasteiger partial charge < -0.3 is 0 Å². The molecular formula is C10H20. The maximum Gasteiger partial charge on any atom is -0.0272 e. The summed E-state index contributed by atoms with van der Waals surface area (Å²) < 4.78 is 0. The molecule has 10 heavy (non-hydrogen) atoms. The van der Waals surface area contributed by atoms with E-state index in [4.69, 9.17) is 0 Å². The number of hydrogen-bond acceptors (Lipinski definition) is 0. The molecule has 2 atom stereocenters. The van der Waals surface area contributed by atoms with Crippen LogP contribution in [0.1, 0.15) is 41.0 Å². The summed E-state index contributed by atoms with van der Waals surface area (Å²) >= 11 is 0. The molecule has 0 heterocycles. The predicted octanol–water partition coefficient (Wildman–Crippen LogP) is 3.32. The van der Waals surface area contributed by atoms with Gasteiger partial charge in [0.2, 0.25) is 0 Å². The molecule has 2 unspecified atom stereocenters. The van der Waals surface area contributed by atoms with Crippen molar-refractivity contribution in [3.05, 3.63) is 0 Å². The molecule has 1 saturated carbocycles. The minimum atomic E-state index is 0.652. The molecule has 60 valence electrons. The van der Waals surface area contributed by atoms with Crippen LogP contribution < -0.4 is 0 Å². The maximum absolute atomic E-state index is 2.43. The Labute approximate surface area is 65.0 Å². The summed E-state index contributed by atoms with van der Waals surface area (Å²) in [5.41, 5.74) is 0.652. The molecule has 0 heteroatoms. The van der Waals surface area contributed by atoms with Crippen LogP contribution in [0.3, 0.4) is 0 Å². The highest BCUT2D eigenvalue weighted by Crippen LogP contribution is 2.56. The normalized spacial score (nSPS) is 54.3. The minimum Gasteiger partial charge on any atom is -0.0648 e. The van der Waals surface area contributed by atoms with Crippen LogP contribution in [-0.4, -0.2) is 0 Å². The topological polar surface area (TPSA) is 0 Å². The first-order valence-corrected chi connectivity index (χ1v) is 4.54. The van der Waals surface area contributed by atoms with E-state index in [2.05, 4.69) is 34.6 Å². The van der Waals surface area contributed by atoms with Gasteiger partial charge in [0.25, 0.3) is 0 Å². The SMILES string of the molecule is CCC1(C)C(C)C(C)C1C. The van der Waals surface area contributed by atoms with Crippen molar-refractivity contribution in [2.45, 2.75) is 41.0 Å². The third-order valence-electron chi connectivity index (χ3n) is 4.42. The quantitative estimate of drug-likeness (QED) is 0.524. The minimum absolute atomic E-state index is 0.652. The molecular weight excluding hydrogens is 120 g/mol. The lowest BCUT2D eigenvalue weighted by atomic mass is 9.48. The van der Waals surface area contributed by atoms with Crippen LogP contribution in [0.25, 0.3) is 0 Å². The Morgan fingerprint density at radius 1 is 1.10 bits per heavy atom. The van der Waals surface area contributed by atoms with E-state index in [1.54, 1.807) is 0 Å². The van der Waals surface area contributed by atoms with Gasteiger partial charge >= 0.3 is 0 Å². The van der Waals surface area contributed by atoms with E-state index in [0.29, 0.717) is 5.41 Å². The van der Waals surface area contributed by atoms with E-state index in [1.807, 2.05) is 0 Å². The predicted molar refractivity (Wildman–Crippen MR) is 45.9 cm³/mol. The third kappa shape index (κ3) is 0.741. The van der Waals surface area contributed by atoms with Crippen LogP contribution in [-0.2, 0) is 0 Å². The molecule has 0 aromatic heterocycles. The van der Waals surface area contributed by atoms with E-state index in [1.165, 1.54) is 6.42 Å².